The predicted molar refractivity (Wildman–Crippen MR) is 188 cm³/mol. The van der Waals surface area contributed by atoms with Gasteiger partial charge in [0.25, 0.3) is 5.91 Å². The van der Waals surface area contributed by atoms with Crippen LogP contribution in [-0.4, -0.2) is 86.9 Å². The fraction of sp³-hybridized carbons (Fsp3) is 0.368. The lowest BCUT2D eigenvalue weighted by molar-refractivity contribution is -0.149. The Bertz CT molecular complexity index is 1540. The number of allylic oxidation sites excluding steroid dienone is 1. The number of hydrogen-bond acceptors (Lipinski definition) is 10. The van der Waals surface area contributed by atoms with Crippen molar-refractivity contribution in [2.45, 2.75) is 82.3 Å². The number of aliphatic hydroxyl groups excluding tert-OH is 4. The van der Waals surface area contributed by atoms with E-state index in [2.05, 4.69) is 16.0 Å². The second-order valence-corrected chi connectivity index (χ2v) is 12.7. The number of nitrogens with one attached hydrogen (secondary N) is 3. The van der Waals surface area contributed by atoms with Gasteiger partial charge < -0.3 is 45.9 Å². The number of hydrogen-bond donors (Lipinski definition) is 7. The minimum Gasteiger partial charge on any atom is -0.452 e. The van der Waals surface area contributed by atoms with Gasteiger partial charge in [-0.3, -0.25) is 14.4 Å². The van der Waals surface area contributed by atoms with E-state index in [-0.39, 0.29) is 6.42 Å². The maximum absolute atomic E-state index is 13.4. The molecular weight excluding hydrogens is 658 g/mol. The maximum Gasteiger partial charge on any atom is 0.408 e. The number of carbonyl (C=O) groups is 4. The molecule has 0 aromatic heterocycles. The van der Waals surface area contributed by atoms with E-state index in [0.717, 1.165) is 11.1 Å². The van der Waals surface area contributed by atoms with Crippen molar-refractivity contribution in [3.05, 3.63) is 120 Å². The van der Waals surface area contributed by atoms with Gasteiger partial charge in [0, 0.05) is 0 Å². The fourth-order valence-electron chi connectivity index (χ4n) is 5.04. The molecule has 0 saturated heterocycles. The van der Waals surface area contributed by atoms with E-state index in [1.54, 1.807) is 58.0 Å². The van der Waals surface area contributed by atoms with Gasteiger partial charge in [-0.25, -0.2) is 4.79 Å². The molecule has 0 saturated carbocycles. The van der Waals surface area contributed by atoms with Crippen LogP contribution in [-0.2, 0) is 23.9 Å². The maximum atomic E-state index is 13.4. The van der Waals surface area contributed by atoms with Crippen molar-refractivity contribution in [1.29, 1.82) is 0 Å². The van der Waals surface area contributed by atoms with Crippen LogP contribution in [0.25, 0.3) is 0 Å². The molecule has 0 aliphatic heterocycles. The van der Waals surface area contributed by atoms with Crippen LogP contribution in [0.5, 0.6) is 0 Å². The molecule has 0 heterocycles. The number of carbonyl (C=O) groups excluding carboxylic acids is 4. The van der Waals surface area contributed by atoms with E-state index >= 15 is 0 Å². The van der Waals surface area contributed by atoms with Crippen molar-refractivity contribution in [3.63, 3.8) is 0 Å². The second-order valence-electron chi connectivity index (χ2n) is 12.7. The summed E-state index contributed by atoms with van der Waals surface area (Å²) in [5, 5.41) is 49.6. The van der Waals surface area contributed by atoms with Gasteiger partial charge in [-0.2, -0.15) is 0 Å². The van der Waals surface area contributed by atoms with Gasteiger partial charge in [-0.05, 0) is 44.4 Å². The van der Waals surface area contributed by atoms with Gasteiger partial charge in [0.2, 0.25) is 5.91 Å². The van der Waals surface area contributed by atoms with Crippen molar-refractivity contribution < 1.29 is 49.1 Å². The molecule has 3 aromatic rings. The van der Waals surface area contributed by atoms with Crippen LogP contribution in [0.2, 0.25) is 0 Å². The molecule has 3 aromatic carbocycles. The van der Waals surface area contributed by atoms with Crippen LogP contribution in [0.3, 0.4) is 0 Å². The van der Waals surface area contributed by atoms with Crippen molar-refractivity contribution in [2.24, 2.45) is 0 Å². The molecule has 0 bridgehead atoms. The van der Waals surface area contributed by atoms with E-state index in [9.17, 15) is 39.6 Å². The smallest absolute Gasteiger partial charge is 0.408 e. The number of esters is 1. The van der Waals surface area contributed by atoms with Crippen molar-refractivity contribution in [2.75, 3.05) is 6.61 Å². The minimum absolute atomic E-state index is 0.358. The zero-order valence-electron chi connectivity index (χ0n) is 29.0. The molecule has 3 rings (SSSR count). The van der Waals surface area contributed by atoms with Crippen LogP contribution >= 0.6 is 0 Å². The van der Waals surface area contributed by atoms with Crippen molar-refractivity contribution in [1.82, 2.24) is 16.0 Å². The van der Waals surface area contributed by atoms with Gasteiger partial charge in [0.05, 0.1) is 25.1 Å². The summed E-state index contributed by atoms with van der Waals surface area (Å²) in [7, 11) is 0. The predicted octanol–water partition coefficient (Wildman–Crippen LogP) is 2.60. The highest BCUT2D eigenvalue weighted by Crippen LogP contribution is 2.28. The number of rotatable bonds is 16. The Hall–Kier alpha value is -5.08. The topological polar surface area (TPSA) is 204 Å². The second kappa shape index (κ2) is 19.3. The number of alkyl carbamates (subject to hydrolysis) is 1. The van der Waals surface area contributed by atoms with Gasteiger partial charge >= 0.3 is 12.1 Å². The van der Waals surface area contributed by atoms with E-state index < -0.39 is 78.6 Å². The molecular formula is C38H47N3O10. The zero-order valence-corrected chi connectivity index (χ0v) is 29.0. The Morgan fingerprint density at radius 2 is 1.24 bits per heavy atom. The molecule has 0 unspecified atom stereocenters. The van der Waals surface area contributed by atoms with E-state index in [0.29, 0.717) is 5.56 Å². The first-order valence-electron chi connectivity index (χ1n) is 16.5. The highest BCUT2D eigenvalue weighted by molar-refractivity contribution is 5.88. The molecule has 0 spiro atoms. The zero-order chi connectivity index (χ0) is 37.6. The summed E-state index contributed by atoms with van der Waals surface area (Å²) in [6.07, 6.45) is -5.71. The first-order chi connectivity index (χ1) is 24.2. The highest BCUT2D eigenvalue weighted by Gasteiger charge is 2.37. The summed E-state index contributed by atoms with van der Waals surface area (Å²) in [6, 6.07) is 22.8. The Kier molecular flexibility index (Phi) is 15.3. The third-order valence-electron chi connectivity index (χ3n) is 7.56. The lowest BCUT2D eigenvalue weighted by Crippen LogP contribution is -2.59. The van der Waals surface area contributed by atoms with E-state index in [1.165, 1.54) is 12.2 Å². The molecule has 274 valence electrons. The summed E-state index contributed by atoms with van der Waals surface area (Å²) in [4.78, 5) is 51.9. The number of aliphatic hydroxyl groups is 4. The average Bonchev–Trinajstić information content (AvgIpc) is 3.11. The van der Waals surface area contributed by atoms with Gasteiger partial charge in [0.15, 0.2) is 12.2 Å². The fourth-order valence-corrected chi connectivity index (χ4v) is 5.04. The summed E-state index contributed by atoms with van der Waals surface area (Å²) >= 11 is 0. The molecule has 0 radical (unpaired) electrons. The monoisotopic (exact) mass is 705 g/mol. The van der Waals surface area contributed by atoms with E-state index in [4.69, 9.17) is 9.47 Å². The Labute approximate surface area is 297 Å². The first-order valence-corrected chi connectivity index (χ1v) is 16.5. The minimum atomic E-state index is -2.26. The summed E-state index contributed by atoms with van der Waals surface area (Å²) in [5.74, 6) is -2.70. The van der Waals surface area contributed by atoms with Crippen LogP contribution < -0.4 is 16.0 Å². The van der Waals surface area contributed by atoms with Gasteiger partial charge in [0.1, 0.15) is 23.9 Å². The molecule has 0 fully saturated rings. The molecule has 6 atom stereocenters. The summed E-state index contributed by atoms with van der Waals surface area (Å²) < 4.78 is 11.1. The highest BCUT2D eigenvalue weighted by atomic mass is 16.6. The van der Waals surface area contributed by atoms with Crippen LogP contribution in [0.1, 0.15) is 63.0 Å². The van der Waals surface area contributed by atoms with Crippen LogP contribution in [0.4, 0.5) is 4.79 Å². The standard InChI is InChI=1S/C38H47N3O10/c1-5-15-27(41-37(49)51-38(2,3)4)35(47)40-29(23-42)31(44)32(45)33(46)36(48)39-28(24-16-9-6-10-17-24)22-30(43)50-34(25-18-11-7-12-19-25)26-20-13-8-14-21-26/h5-21,27-29,31-34,42,44-46H,22-23H2,1-4H3,(H,39,48)(H,40,47)(H,41,49)/b15-5-/t27-,28-,29-,31+,32+,33-/m0/s1. The van der Waals surface area contributed by atoms with Crippen LogP contribution in [0.15, 0.2) is 103 Å². The van der Waals surface area contributed by atoms with E-state index in [1.807, 2.05) is 60.7 Å². The normalized spacial score (nSPS) is 15.2. The number of amides is 3. The summed E-state index contributed by atoms with van der Waals surface area (Å²) in [6.45, 7) is 5.61. The molecule has 3 amide bonds. The van der Waals surface area contributed by atoms with Gasteiger partial charge in [-0.15, -0.1) is 0 Å². The molecule has 0 aliphatic carbocycles. The molecule has 51 heavy (non-hydrogen) atoms. The average molecular weight is 706 g/mol. The van der Waals surface area contributed by atoms with Crippen molar-refractivity contribution in [3.8, 4) is 0 Å². The Balaban J connectivity index is 1.72. The SMILES string of the molecule is C/C=C\[C@H](NC(=O)OC(C)(C)C)C(=O)N[C@@H](CO)[C@@H](O)[C@@H](O)[C@H](O)C(=O)N[C@@H](CC(=O)OC(c1ccccc1)c1ccccc1)c1ccccc1. The number of ether oxygens (including phenoxy) is 2. The van der Waals surface area contributed by atoms with Crippen LogP contribution in [0, 0.1) is 0 Å². The molecule has 7 N–H and O–H groups in total. The lowest BCUT2D eigenvalue weighted by Gasteiger charge is -2.30. The quantitative estimate of drug-likeness (QED) is 0.0858. The Morgan fingerprint density at radius 3 is 1.71 bits per heavy atom. The van der Waals surface area contributed by atoms with Crippen molar-refractivity contribution >= 4 is 23.9 Å². The number of benzene rings is 3. The summed E-state index contributed by atoms with van der Waals surface area (Å²) in [5.41, 5.74) is 1.10. The lowest BCUT2D eigenvalue weighted by atomic mass is 9.98. The molecule has 0 aliphatic rings. The third kappa shape index (κ3) is 12.6. The Morgan fingerprint density at radius 1 is 0.725 bits per heavy atom. The molecule has 13 heteroatoms. The van der Waals surface area contributed by atoms with Gasteiger partial charge in [-0.1, -0.05) is 103 Å². The first kappa shape index (κ1) is 40.4. The third-order valence-corrected chi connectivity index (χ3v) is 7.56. The molecule has 13 nitrogen and oxygen atoms in total. The largest absolute Gasteiger partial charge is 0.452 e.